The Bertz CT molecular complexity index is 536. The zero-order valence-corrected chi connectivity index (χ0v) is 9.41. The molecule has 0 spiro atoms. The molecule has 0 saturated carbocycles. The van der Waals surface area contributed by atoms with Crippen molar-refractivity contribution in [2.45, 2.75) is 6.92 Å². The minimum Gasteiger partial charge on any atom is -0.506 e. The average molecular weight is 250 g/mol. The monoisotopic (exact) mass is 250 g/mol. The summed E-state index contributed by atoms with van der Waals surface area (Å²) in [6.45, 7) is 1.28. The lowest BCUT2D eigenvalue weighted by Gasteiger charge is -2.04. The number of carbonyl (C=O) groups is 2. The molecule has 2 N–H and O–H groups in total. The number of phenolic OH excluding ortho intramolecular Hbond substituents is 1. The third kappa shape index (κ3) is 3.71. The van der Waals surface area contributed by atoms with Gasteiger partial charge in [0.15, 0.2) is 5.78 Å². The van der Waals surface area contributed by atoms with Crippen molar-refractivity contribution in [3.05, 3.63) is 40.5 Å². The lowest BCUT2D eigenvalue weighted by molar-refractivity contribution is -0.384. The summed E-state index contributed by atoms with van der Waals surface area (Å²) in [7, 11) is 0. The molecule has 7 heteroatoms. The molecule has 0 bridgehead atoms. The van der Waals surface area contributed by atoms with Crippen molar-refractivity contribution in [1.82, 2.24) is 0 Å². The summed E-state index contributed by atoms with van der Waals surface area (Å²) in [5.74, 6) is -1.33. The number of nitro groups is 1. The average Bonchev–Trinajstić information content (AvgIpc) is 2.29. The fourth-order valence-corrected chi connectivity index (χ4v) is 1.11. The first-order valence-corrected chi connectivity index (χ1v) is 4.87. The number of allylic oxidation sites excluding steroid dienone is 1. The van der Waals surface area contributed by atoms with E-state index < -0.39 is 16.6 Å². The molecule has 0 saturated heterocycles. The predicted octanol–water partition coefficient (Wildman–Crippen LogP) is 1.38. The highest BCUT2D eigenvalue weighted by Gasteiger charge is 2.10. The van der Waals surface area contributed by atoms with Crippen LogP contribution in [0.2, 0.25) is 0 Å². The zero-order valence-electron chi connectivity index (χ0n) is 9.41. The van der Waals surface area contributed by atoms with E-state index in [1.54, 1.807) is 0 Å². The maximum atomic E-state index is 11.3. The molecule has 0 radical (unpaired) electrons. The number of nitrogens with zero attached hydrogens (tertiary/aromatic N) is 1. The molecular weight excluding hydrogens is 240 g/mol. The van der Waals surface area contributed by atoms with Gasteiger partial charge < -0.3 is 10.4 Å². The van der Waals surface area contributed by atoms with Crippen LogP contribution in [0.1, 0.15) is 6.92 Å². The number of hydrogen-bond acceptors (Lipinski definition) is 5. The highest BCUT2D eigenvalue weighted by Crippen LogP contribution is 2.27. The van der Waals surface area contributed by atoms with Gasteiger partial charge >= 0.3 is 0 Å². The van der Waals surface area contributed by atoms with E-state index in [1.807, 2.05) is 0 Å². The van der Waals surface area contributed by atoms with Gasteiger partial charge in [-0.05, 0) is 19.1 Å². The first-order chi connectivity index (χ1) is 8.40. The molecule has 0 aromatic heterocycles. The van der Waals surface area contributed by atoms with Gasteiger partial charge in [0.1, 0.15) is 5.75 Å². The fraction of sp³-hybridized carbons (Fsp3) is 0.0909. The molecule has 1 rings (SSSR count). The van der Waals surface area contributed by atoms with Crippen molar-refractivity contribution in [1.29, 1.82) is 0 Å². The molecule has 1 amide bonds. The summed E-state index contributed by atoms with van der Waals surface area (Å²) in [5.41, 5.74) is -0.261. The fourth-order valence-electron chi connectivity index (χ4n) is 1.11. The highest BCUT2D eigenvalue weighted by atomic mass is 16.6. The number of non-ortho nitro benzene ring substituents is 1. The molecule has 0 aliphatic rings. The number of rotatable bonds is 4. The smallest absolute Gasteiger partial charge is 0.273 e. The van der Waals surface area contributed by atoms with Crippen molar-refractivity contribution < 1.29 is 19.6 Å². The van der Waals surface area contributed by atoms with Crippen LogP contribution in [0.5, 0.6) is 5.75 Å². The number of carbonyl (C=O) groups excluding carboxylic acids is 2. The van der Waals surface area contributed by atoms with Crippen LogP contribution in [0.25, 0.3) is 0 Å². The van der Waals surface area contributed by atoms with Crippen LogP contribution < -0.4 is 5.32 Å². The summed E-state index contributed by atoms with van der Waals surface area (Å²) in [4.78, 5) is 31.6. The maximum Gasteiger partial charge on any atom is 0.273 e. The van der Waals surface area contributed by atoms with Gasteiger partial charge in [-0.2, -0.15) is 0 Å². The summed E-state index contributed by atoms with van der Waals surface area (Å²) in [5, 5.41) is 22.2. The normalized spacial score (nSPS) is 10.3. The van der Waals surface area contributed by atoms with Gasteiger partial charge in [-0.25, -0.2) is 0 Å². The molecule has 0 unspecified atom stereocenters. The topological polar surface area (TPSA) is 110 Å². The second kappa shape index (κ2) is 5.58. The molecule has 0 aliphatic heterocycles. The van der Waals surface area contributed by atoms with Crippen molar-refractivity contribution in [2.75, 3.05) is 5.32 Å². The predicted molar refractivity (Wildman–Crippen MR) is 63.2 cm³/mol. The van der Waals surface area contributed by atoms with Crippen LogP contribution in [0, 0.1) is 10.1 Å². The Hall–Kier alpha value is -2.70. The minimum atomic E-state index is -0.666. The molecular formula is C11H10N2O5. The van der Waals surface area contributed by atoms with E-state index in [0.717, 1.165) is 24.3 Å². The molecule has 0 fully saturated rings. The second-order valence-corrected chi connectivity index (χ2v) is 3.39. The maximum absolute atomic E-state index is 11.3. The summed E-state index contributed by atoms with van der Waals surface area (Å²) < 4.78 is 0. The van der Waals surface area contributed by atoms with Crippen LogP contribution in [-0.4, -0.2) is 21.7 Å². The van der Waals surface area contributed by atoms with Crippen molar-refractivity contribution in [3.63, 3.8) is 0 Å². The standard InChI is InChI=1S/C11H10N2O5/c1-7(14)2-5-11(16)12-9-4-3-8(13(17)18)6-10(9)15/h2-6,15H,1H3,(H,12,16)/b5-2+. The van der Waals surface area contributed by atoms with Gasteiger partial charge in [0, 0.05) is 12.1 Å². The van der Waals surface area contributed by atoms with Crippen LogP contribution in [0.15, 0.2) is 30.4 Å². The van der Waals surface area contributed by atoms with Gasteiger partial charge in [-0.15, -0.1) is 0 Å². The van der Waals surface area contributed by atoms with E-state index in [0.29, 0.717) is 0 Å². The summed E-state index contributed by atoms with van der Waals surface area (Å²) in [6.07, 6.45) is 2.07. The number of hydrogen-bond donors (Lipinski definition) is 2. The third-order valence-corrected chi connectivity index (χ3v) is 1.92. The lowest BCUT2D eigenvalue weighted by atomic mass is 10.2. The van der Waals surface area contributed by atoms with Gasteiger partial charge in [0.25, 0.3) is 5.69 Å². The Morgan fingerprint density at radius 2 is 2.06 bits per heavy atom. The SMILES string of the molecule is CC(=O)/C=C/C(=O)Nc1ccc([N+](=O)[O-])cc1O. The number of ketones is 1. The minimum absolute atomic E-state index is 0.0267. The van der Waals surface area contributed by atoms with E-state index in [9.17, 15) is 24.8 Å². The molecule has 94 valence electrons. The number of nitrogens with one attached hydrogen (secondary N) is 1. The van der Waals surface area contributed by atoms with E-state index in [2.05, 4.69) is 5.32 Å². The van der Waals surface area contributed by atoms with Gasteiger partial charge in [0.2, 0.25) is 5.91 Å². The van der Waals surface area contributed by atoms with Crippen molar-refractivity contribution in [2.24, 2.45) is 0 Å². The highest BCUT2D eigenvalue weighted by molar-refractivity contribution is 6.04. The van der Waals surface area contributed by atoms with Crippen LogP contribution in [-0.2, 0) is 9.59 Å². The van der Waals surface area contributed by atoms with Gasteiger partial charge in [-0.1, -0.05) is 0 Å². The van der Waals surface area contributed by atoms with Crippen molar-refractivity contribution in [3.8, 4) is 5.75 Å². The molecule has 0 aliphatic carbocycles. The van der Waals surface area contributed by atoms with Gasteiger partial charge in [0.05, 0.1) is 16.7 Å². The first-order valence-electron chi connectivity index (χ1n) is 4.87. The second-order valence-electron chi connectivity index (χ2n) is 3.39. The van der Waals surface area contributed by atoms with E-state index in [1.165, 1.54) is 13.0 Å². The molecule has 18 heavy (non-hydrogen) atoms. The molecule has 1 aromatic carbocycles. The quantitative estimate of drug-likeness (QED) is 0.363. The number of aromatic hydroxyl groups is 1. The molecule has 0 heterocycles. The summed E-state index contributed by atoms with van der Waals surface area (Å²) in [6, 6.07) is 3.27. The van der Waals surface area contributed by atoms with Crippen molar-refractivity contribution >= 4 is 23.1 Å². The number of nitro benzene ring substituents is 1. The number of amides is 1. The summed E-state index contributed by atoms with van der Waals surface area (Å²) >= 11 is 0. The number of anilines is 1. The van der Waals surface area contributed by atoms with Crippen LogP contribution in [0.4, 0.5) is 11.4 Å². The Morgan fingerprint density at radius 3 is 2.56 bits per heavy atom. The van der Waals surface area contributed by atoms with E-state index in [4.69, 9.17) is 0 Å². The van der Waals surface area contributed by atoms with Crippen LogP contribution >= 0.6 is 0 Å². The first kappa shape index (κ1) is 13.4. The number of benzene rings is 1. The Kier molecular flexibility index (Phi) is 4.14. The third-order valence-electron chi connectivity index (χ3n) is 1.92. The lowest BCUT2D eigenvalue weighted by Crippen LogP contribution is -2.08. The van der Waals surface area contributed by atoms with Gasteiger partial charge in [-0.3, -0.25) is 19.7 Å². The van der Waals surface area contributed by atoms with Crippen LogP contribution in [0.3, 0.4) is 0 Å². The van der Waals surface area contributed by atoms with E-state index in [-0.39, 0.29) is 17.2 Å². The Morgan fingerprint density at radius 1 is 1.39 bits per heavy atom. The zero-order chi connectivity index (χ0) is 13.7. The Balaban J connectivity index is 2.83. The molecule has 1 aromatic rings. The Labute approximate surface area is 102 Å². The number of phenols is 1. The molecule has 7 nitrogen and oxygen atoms in total. The largest absolute Gasteiger partial charge is 0.506 e. The molecule has 0 atom stereocenters. The van der Waals surface area contributed by atoms with E-state index >= 15 is 0 Å².